The molecule has 1 heterocycles. The number of carbonyl (C=O) groups excluding carboxylic acids is 1. The van der Waals surface area contributed by atoms with Crippen LogP contribution in [0.25, 0.3) is 0 Å². The van der Waals surface area contributed by atoms with E-state index in [1.165, 1.54) is 10.5 Å². The molecule has 1 unspecified atom stereocenters. The van der Waals surface area contributed by atoms with Crippen molar-refractivity contribution in [3.63, 3.8) is 0 Å². The van der Waals surface area contributed by atoms with Crippen molar-refractivity contribution in [1.29, 1.82) is 0 Å². The highest BCUT2D eigenvalue weighted by molar-refractivity contribution is 7.99. The number of hydrogen-bond donors (Lipinski definition) is 2. The van der Waals surface area contributed by atoms with Gasteiger partial charge in [0, 0.05) is 10.6 Å². The molecule has 0 bridgehead atoms. The maximum Gasteiger partial charge on any atom is 0.240 e. The summed E-state index contributed by atoms with van der Waals surface area (Å²) in [6.07, 6.45) is 3.70. The lowest BCUT2D eigenvalue weighted by molar-refractivity contribution is -0.130. The maximum absolute atomic E-state index is 12.2. The minimum absolute atomic E-state index is 0.0282. The highest BCUT2D eigenvalue weighted by Gasteiger charge is 2.41. The van der Waals surface area contributed by atoms with Crippen LogP contribution in [0.3, 0.4) is 0 Å². The fraction of sp³-hybridized carbons (Fsp3) is 0.500. The molecule has 1 aliphatic heterocycles. The zero-order valence-corrected chi connectivity index (χ0v) is 11.1. The molecule has 1 atom stereocenters. The average molecular weight is 262 g/mol. The average Bonchev–Trinajstić information content (AvgIpc) is 2.36. The van der Waals surface area contributed by atoms with E-state index in [1.54, 1.807) is 0 Å². The minimum Gasteiger partial charge on any atom is -0.348 e. The summed E-state index contributed by atoms with van der Waals surface area (Å²) >= 11 is 1.86. The Morgan fingerprint density at radius 2 is 2.17 bits per heavy atom. The van der Waals surface area contributed by atoms with Gasteiger partial charge in [-0.05, 0) is 37.3 Å². The van der Waals surface area contributed by atoms with E-state index >= 15 is 0 Å². The molecule has 1 aliphatic carbocycles. The zero-order valence-electron chi connectivity index (χ0n) is 10.3. The van der Waals surface area contributed by atoms with Gasteiger partial charge in [-0.1, -0.05) is 18.2 Å². The molecule has 1 amide bonds. The van der Waals surface area contributed by atoms with Crippen molar-refractivity contribution in [2.45, 2.75) is 42.2 Å². The first-order chi connectivity index (χ1) is 8.69. The number of benzene rings is 1. The quantitative estimate of drug-likeness (QED) is 0.859. The Morgan fingerprint density at radius 3 is 2.89 bits per heavy atom. The van der Waals surface area contributed by atoms with Crippen LogP contribution in [0, 0.1) is 0 Å². The standard InChI is InChI=1S/C14H18N2OS/c15-14(7-3-8-14)13(17)16-11-6-9-18-12-5-2-1-4-10(11)12/h1-2,4-5,11H,3,6-9,15H2,(H,16,17). The lowest BCUT2D eigenvalue weighted by Gasteiger charge is -2.38. The maximum atomic E-state index is 12.2. The van der Waals surface area contributed by atoms with Gasteiger partial charge in [-0.2, -0.15) is 0 Å². The lowest BCUT2D eigenvalue weighted by atomic mass is 9.77. The van der Waals surface area contributed by atoms with Crippen molar-refractivity contribution < 1.29 is 4.79 Å². The van der Waals surface area contributed by atoms with Crippen molar-refractivity contribution in [3.8, 4) is 0 Å². The second-order valence-electron chi connectivity index (χ2n) is 5.21. The van der Waals surface area contributed by atoms with Crippen LogP contribution in [-0.4, -0.2) is 17.2 Å². The molecule has 96 valence electrons. The summed E-state index contributed by atoms with van der Waals surface area (Å²) < 4.78 is 0. The number of hydrogen-bond acceptors (Lipinski definition) is 3. The highest BCUT2D eigenvalue weighted by Crippen LogP contribution is 2.37. The third-order valence-electron chi connectivity index (χ3n) is 3.96. The number of rotatable bonds is 2. The molecule has 1 aromatic rings. The van der Waals surface area contributed by atoms with Crippen LogP contribution in [0.4, 0.5) is 0 Å². The Kier molecular flexibility index (Phi) is 3.08. The topological polar surface area (TPSA) is 55.1 Å². The number of fused-ring (bicyclic) bond motifs is 1. The van der Waals surface area contributed by atoms with E-state index in [0.717, 1.165) is 31.4 Å². The Balaban J connectivity index is 1.76. The van der Waals surface area contributed by atoms with Gasteiger partial charge in [0.05, 0.1) is 11.6 Å². The Morgan fingerprint density at radius 1 is 1.39 bits per heavy atom. The van der Waals surface area contributed by atoms with Gasteiger partial charge in [0.1, 0.15) is 0 Å². The van der Waals surface area contributed by atoms with Crippen molar-refractivity contribution in [3.05, 3.63) is 29.8 Å². The zero-order chi connectivity index (χ0) is 12.6. The molecule has 0 saturated heterocycles. The van der Waals surface area contributed by atoms with Gasteiger partial charge < -0.3 is 11.1 Å². The van der Waals surface area contributed by atoms with Crippen LogP contribution in [-0.2, 0) is 4.79 Å². The van der Waals surface area contributed by atoms with E-state index in [-0.39, 0.29) is 11.9 Å². The number of thioether (sulfide) groups is 1. The van der Waals surface area contributed by atoms with Gasteiger partial charge in [0.25, 0.3) is 0 Å². The predicted octanol–water partition coefficient (Wildman–Crippen LogP) is 2.22. The van der Waals surface area contributed by atoms with Crippen molar-refractivity contribution in [1.82, 2.24) is 5.32 Å². The van der Waals surface area contributed by atoms with E-state index < -0.39 is 5.54 Å². The number of nitrogens with one attached hydrogen (secondary N) is 1. The van der Waals surface area contributed by atoms with Crippen LogP contribution in [0.2, 0.25) is 0 Å². The summed E-state index contributed by atoms with van der Waals surface area (Å²) in [6.45, 7) is 0. The normalized spacial score (nSPS) is 24.8. The van der Waals surface area contributed by atoms with Gasteiger partial charge in [0.2, 0.25) is 5.91 Å². The Labute approximate surface area is 112 Å². The van der Waals surface area contributed by atoms with E-state index in [4.69, 9.17) is 5.73 Å². The number of carbonyl (C=O) groups is 1. The molecular formula is C14H18N2OS. The van der Waals surface area contributed by atoms with E-state index in [1.807, 2.05) is 23.9 Å². The van der Waals surface area contributed by atoms with Gasteiger partial charge >= 0.3 is 0 Å². The molecule has 1 fully saturated rings. The molecule has 3 nitrogen and oxygen atoms in total. The second-order valence-corrected chi connectivity index (χ2v) is 6.35. The van der Waals surface area contributed by atoms with Crippen LogP contribution in [0.5, 0.6) is 0 Å². The molecule has 18 heavy (non-hydrogen) atoms. The summed E-state index contributed by atoms with van der Waals surface area (Å²) in [4.78, 5) is 13.5. The molecule has 0 aromatic heterocycles. The van der Waals surface area contributed by atoms with E-state index in [2.05, 4.69) is 17.4 Å². The minimum atomic E-state index is -0.598. The molecule has 3 N–H and O–H groups in total. The molecule has 0 radical (unpaired) electrons. The highest BCUT2D eigenvalue weighted by atomic mass is 32.2. The van der Waals surface area contributed by atoms with Crippen molar-refractivity contribution in [2.75, 3.05) is 5.75 Å². The van der Waals surface area contributed by atoms with E-state index in [0.29, 0.717) is 0 Å². The summed E-state index contributed by atoms with van der Waals surface area (Å²) in [5, 5.41) is 3.14. The second kappa shape index (κ2) is 4.59. The largest absolute Gasteiger partial charge is 0.348 e. The Bertz CT molecular complexity index is 471. The third-order valence-corrected chi connectivity index (χ3v) is 5.08. The Hall–Kier alpha value is -1.00. The fourth-order valence-corrected chi connectivity index (χ4v) is 3.70. The molecule has 2 aliphatic rings. The van der Waals surface area contributed by atoms with Crippen molar-refractivity contribution in [2.24, 2.45) is 5.73 Å². The summed E-state index contributed by atoms with van der Waals surface area (Å²) in [5.74, 6) is 1.08. The van der Waals surface area contributed by atoms with Gasteiger partial charge in [-0.25, -0.2) is 0 Å². The fourth-order valence-electron chi connectivity index (χ4n) is 2.58. The molecule has 3 rings (SSSR count). The van der Waals surface area contributed by atoms with Crippen LogP contribution < -0.4 is 11.1 Å². The first-order valence-electron chi connectivity index (χ1n) is 6.51. The first kappa shape index (κ1) is 12.1. The molecule has 1 saturated carbocycles. The van der Waals surface area contributed by atoms with Gasteiger partial charge in [-0.3, -0.25) is 4.79 Å². The van der Waals surface area contributed by atoms with Crippen LogP contribution in [0.1, 0.15) is 37.3 Å². The number of nitrogens with two attached hydrogens (primary N) is 1. The summed E-state index contributed by atoms with van der Waals surface area (Å²) in [5.41, 5.74) is 6.71. The van der Waals surface area contributed by atoms with E-state index in [9.17, 15) is 4.79 Å². The molecule has 0 spiro atoms. The first-order valence-corrected chi connectivity index (χ1v) is 7.49. The van der Waals surface area contributed by atoms with Crippen LogP contribution in [0.15, 0.2) is 29.2 Å². The number of amides is 1. The monoisotopic (exact) mass is 262 g/mol. The molecule has 1 aromatic carbocycles. The molecular weight excluding hydrogens is 244 g/mol. The van der Waals surface area contributed by atoms with Gasteiger partial charge in [-0.15, -0.1) is 11.8 Å². The summed E-state index contributed by atoms with van der Waals surface area (Å²) in [6, 6.07) is 8.45. The summed E-state index contributed by atoms with van der Waals surface area (Å²) in [7, 11) is 0. The lowest BCUT2D eigenvalue weighted by Crippen LogP contribution is -2.59. The smallest absolute Gasteiger partial charge is 0.240 e. The third kappa shape index (κ3) is 2.04. The predicted molar refractivity (Wildman–Crippen MR) is 73.4 cm³/mol. The van der Waals surface area contributed by atoms with Crippen LogP contribution >= 0.6 is 11.8 Å². The SMILES string of the molecule is NC1(C(=O)NC2CCSc3ccccc32)CCC1. The van der Waals surface area contributed by atoms with Gasteiger partial charge in [0.15, 0.2) is 0 Å². The molecule has 4 heteroatoms. The van der Waals surface area contributed by atoms with Crippen molar-refractivity contribution >= 4 is 17.7 Å².